The zero-order valence-corrected chi connectivity index (χ0v) is 15.7. The predicted molar refractivity (Wildman–Crippen MR) is 90.0 cm³/mol. The van der Waals surface area contributed by atoms with E-state index in [1.807, 2.05) is 11.5 Å². The van der Waals surface area contributed by atoms with E-state index in [1.165, 1.54) is 18.4 Å². The molecule has 0 saturated heterocycles. The highest BCUT2D eigenvalue weighted by Gasteiger charge is 2.36. The molecule has 2 aromatic heterocycles. The van der Waals surface area contributed by atoms with Gasteiger partial charge in [-0.1, -0.05) is 0 Å². The van der Waals surface area contributed by atoms with Gasteiger partial charge in [0.2, 0.25) is 0 Å². The van der Waals surface area contributed by atoms with Gasteiger partial charge in [0.1, 0.15) is 12.4 Å². The summed E-state index contributed by atoms with van der Waals surface area (Å²) in [6.07, 6.45) is 1.06. The number of rotatable bonds is 4. The lowest BCUT2D eigenvalue weighted by atomic mass is 10.2. The summed E-state index contributed by atoms with van der Waals surface area (Å²) in [6.45, 7) is 2.24. The van der Waals surface area contributed by atoms with Crippen LogP contribution < -0.4 is 11.2 Å². The van der Waals surface area contributed by atoms with E-state index >= 15 is 0 Å². The fourth-order valence-corrected chi connectivity index (χ4v) is 4.70. The molecule has 1 atom stereocenters. The molecule has 26 heavy (non-hydrogen) atoms. The average molecular weight is 384 g/mol. The number of sulfonamides is 1. The number of aromatic nitrogens is 5. The zero-order chi connectivity index (χ0) is 19.2. The molecule has 0 radical (unpaired) electrons. The van der Waals surface area contributed by atoms with Crippen LogP contribution in [0.15, 0.2) is 20.7 Å². The van der Waals surface area contributed by atoms with Crippen molar-refractivity contribution in [3.63, 3.8) is 0 Å². The van der Waals surface area contributed by atoms with Gasteiger partial charge < -0.3 is 13.9 Å². The fraction of sp³-hybridized carbons (Fsp3) is 0.571. The molecule has 11 nitrogen and oxygen atoms in total. The molecule has 0 aromatic carbocycles. The Kier molecular flexibility index (Phi) is 4.58. The third-order valence-electron chi connectivity index (χ3n) is 4.37. The van der Waals surface area contributed by atoms with Crippen LogP contribution in [-0.4, -0.2) is 50.3 Å². The molecule has 0 amide bonds. The first kappa shape index (κ1) is 18.5. The van der Waals surface area contributed by atoms with Crippen molar-refractivity contribution in [2.75, 3.05) is 13.7 Å². The lowest BCUT2D eigenvalue weighted by molar-refractivity contribution is 0.168. The molecule has 0 bridgehead atoms. The van der Waals surface area contributed by atoms with Crippen molar-refractivity contribution in [2.45, 2.75) is 31.0 Å². The Labute approximate surface area is 149 Å². The molecule has 1 aliphatic heterocycles. The Morgan fingerprint density at radius 2 is 1.96 bits per heavy atom. The van der Waals surface area contributed by atoms with Gasteiger partial charge in [0.05, 0.1) is 6.54 Å². The summed E-state index contributed by atoms with van der Waals surface area (Å²) in [6, 6.07) is -0.231. The predicted octanol–water partition coefficient (Wildman–Crippen LogP) is -1.41. The highest BCUT2D eigenvalue weighted by atomic mass is 32.2. The van der Waals surface area contributed by atoms with Crippen LogP contribution in [0, 0.1) is 0 Å². The maximum atomic E-state index is 13.0. The van der Waals surface area contributed by atoms with Gasteiger partial charge in [-0.25, -0.2) is 13.2 Å². The molecule has 1 aliphatic rings. The number of hydrogen-bond acceptors (Lipinski definition) is 7. The molecule has 0 aliphatic carbocycles. The second-order valence-corrected chi connectivity index (χ2v) is 8.14. The number of methoxy groups -OCH3 is 1. The summed E-state index contributed by atoms with van der Waals surface area (Å²) in [5, 5.41) is 8.08. The molecule has 0 unspecified atom stereocenters. The molecule has 142 valence electrons. The summed E-state index contributed by atoms with van der Waals surface area (Å²) < 4.78 is 36.0. The van der Waals surface area contributed by atoms with Gasteiger partial charge in [-0.15, -0.1) is 10.2 Å². The molecule has 12 heteroatoms. The van der Waals surface area contributed by atoms with Gasteiger partial charge in [-0.3, -0.25) is 9.36 Å². The first-order valence-corrected chi connectivity index (χ1v) is 9.31. The van der Waals surface area contributed by atoms with E-state index in [1.54, 1.807) is 7.11 Å². The Hall–Kier alpha value is -2.31. The van der Waals surface area contributed by atoms with E-state index in [-0.39, 0.29) is 25.7 Å². The van der Waals surface area contributed by atoms with Gasteiger partial charge in [0, 0.05) is 40.0 Å². The van der Waals surface area contributed by atoms with E-state index in [2.05, 4.69) is 10.2 Å². The maximum absolute atomic E-state index is 13.0. The van der Waals surface area contributed by atoms with Gasteiger partial charge in [0.15, 0.2) is 10.7 Å². The van der Waals surface area contributed by atoms with E-state index in [9.17, 15) is 18.0 Å². The second-order valence-electron chi connectivity index (χ2n) is 6.23. The quantitative estimate of drug-likeness (QED) is 0.635. The molecular weight excluding hydrogens is 364 g/mol. The molecule has 3 heterocycles. The molecule has 2 aromatic rings. The van der Waals surface area contributed by atoms with Crippen molar-refractivity contribution in [3.05, 3.63) is 38.7 Å². The molecular formula is C14H20N6O5S. The van der Waals surface area contributed by atoms with Crippen molar-refractivity contribution in [1.29, 1.82) is 0 Å². The molecule has 0 fully saturated rings. The number of aryl methyl sites for hydroxylation is 1. The van der Waals surface area contributed by atoms with E-state index in [0.717, 1.165) is 15.3 Å². The van der Waals surface area contributed by atoms with Crippen LogP contribution >= 0.6 is 0 Å². The summed E-state index contributed by atoms with van der Waals surface area (Å²) in [7, 11) is 0.0801. The van der Waals surface area contributed by atoms with Crippen LogP contribution in [0.3, 0.4) is 0 Å². The third kappa shape index (κ3) is 2.79. The third-order valence-corrected chi connectivity index (χ3v) is 6.16. The molecule has 3 rings (SSSR count). The topological polar surface area (TPSA) is 121 Å². The van der Waals surface area contributed by atoms with E-state index in [0.29, 0.717) is 11.6 Å². The lowest BCUT2D eigenvalue weighted by Gasteiger charge is -2.31. The zero-order valence-electron chi connectivity index (χ0n) is 14.9. The van der Waals surface area contributed by atoms with Crippen molar-refractivity contribution in [2.24, 2.45) is 14.1 Å². The van der Waals surface area contributed by atoms with Gasteiger partial charge >= 0.3 is 5.69 Å². The van der Waals surface area contributed by atoms with Crippen LogP contribution in [0.25, 0.3) is 0 Å². The first-order chi connectivity index (χ1) is 12.2. The van der Waals surface area contributed by atoms with Crippen molar-refractivity contribution in [1.82, 2.24) is 28.2 Å². The second kappa shape index (κ2) is 6.45. The molecule has 0 N–H and O–H groups in total. The van der Waals surface area contributed by atoms with Crippen LogP contribution in [0.4, 0.5) is 0 Å². The molecule has 0 spiro atoms. The highest BCUT2D eigenvalue weighted by Crippen LogP contribution is 2.25. The minimum atomic E-state index is -4.11. The number of nitrogens with zero attached hydrogens (tertiary/aromatic N) is 6. The van der Waals surface area contributed by atoms with Crippen LogP contribution in [0.1, 0.15) is 24.6 Å². The van der Waals surface area contributed by atoms with Crippen LogP contribution in [0.5, 0.6) is 0 Å². The monoisotopic (exact) mass is 384 g/mol. The fourth-order valence-electron chi connectivity index (χ4n) is 3.08. The first-order valence-electron chi connectivity index (χ1n) is 7.87. The Morgan fingerprint density at radius 3 is 2.62 bits per heavy atom. The SMILES string of the molecule is COCc1nnc2n1[C@@H](C)CN(S(=O)(=O)c1cn(C)c(=O)n(C)c1=O)C2. The van der Waals surface area contributed by atoms with Crippen molar-refractivity contribution in [3.8, 4) is 0 Å². The minimum Gasteiger partial charge on any atom is -0.377 e. The van der Waals surface area contributed by atoms with Gasteiger partial charge in [-0.05, 0) is 6.92 Å². The Bertz CT molecular complexity index is 1070. The normalized spacial score (nSPS) is 18.1. The molecule has 0 saturated carbocycles. The van der Waals surface area contributed by atoms with E-state index < -0.39 is 26.2 Å². The minimum absolute atomic E-state index is 0.0185. The van der Waals surface area contributed by atoms with Gasteiger partial charge in [0.25, 0.3) is 15.6 Å². The largest absolute Gasteiger partial charge is 0.377 e. The van der Waals surface area contributed by atoms with Crippen LogP contribution in [0.2, 0.25) is 0 Å². The number of fused-ring (bicyclic) bond motifs is 1. The maximum Gasteiger partial charge on any atom is 0.330 e. The Balaban J connectivity index is 2.05. The highest BCUT2D eigenvalue weighted by molar-refractivity contribution is 7.89. The summed E-state index contributed by atoms with van der Waals surface area (Å²) in [5.74, 6) is 1.09. The number of ether oxygens (including phenoxy) is 1. The summed E-state index contributed by atoms with van der Waals surface area (Å²) >= 11 is 0. The summed E-state index contributed by atoms with van der Waals surface area (Å²) in [5.41, 5.74) is -1.45. The van der Waals surface area contributed by atoms with Gasteiger partial charge in [-0.2, -0.15) is 4.31 Å². The smallest absolute Gasteiger partial charge is 0.330 e. The standard InChI is InChI=1S/C14H20N6O5S/c1-9-5-19(7-11-15-16-12(8-25-4)20(9)11)26(23,24)10-6-17(2)14(22)18(3)13(10)21/h6,9H,5,7-8H2,1-4H3/t9-/m0/s1. The van der Waals surface area contributed by atoms with Crippen molar-refractivity contribution < 1.29 is 13.2 Å². The Morgan fingerprint density at radius 1 is 1.27 bits per heavy atom. The van der Waals surface area contributed by atoms with Crippen LogP contribution in [-0.2, 0) is 42.0 Å². The summed E-state index contributed by atoms with van der Waals surface area (Å²) in [4.78, 5) is 23.7. The lowest BCUT2D eigenvalue weighted by Crippen LogP contribution is -2.45. The average Bonchev–Trinajstić information content (AvgIpc) is 3.00. The van der Waals surface area contributed by atoms with E-state index in [4.69, 9.17) is 4.74 Å². The van der Waals surface area contributed by atoms with Crippen molar-refractivity contribution >= 4 is 10.0 Å². The number of hydrogen-bond donors (Lipinski definition) is 0.